The van der Waals surface area contributed by atoms with Crippen LogP contribution in [0.5, 0.6) is 5.75 Å². The van der Waals surface area contributed by atoms with Crippen LogP contribution in [0.3, 0.4) is 0 Å². The van der Waals surface area contributed by atoms with Crippen molar-refractivity contribution >= 4 is 17.4 Å². The van der Waals surface area contributed by atoms with Gasteiger partial charge in [0.05, 0.1) is 0 Å². The second-order valence-corrected chi connectivity index (χ2v) is 4.29. The zero-order chi connectivity index (χ0) is 13.0. The van der Waals surface area contributed by atoms with E-state index < -0.39 is 0 Å². The number of hydrogen-bond acceptors (Lipinski definition) is 3. The van der Waals surface area contributed by atoms with E-state index in [0.29, 0.717) is 16.3 Å². The molecule has 0 spiro atoms. The van der Waals surface area contributed by atoms with E-state index in [1.807, 2.05) is 6.92 Å². The van der Waals surface area contributed by atoms with Crippen molar-refractivity contribution in [2.24, 2.45) is 0 Å². The van der Waals surface area contributed by atoms with Crippen LogP contribution in [0.25, 0.3) is 0 Å². The van der Waals surface area contributed by atoms with Gasteiger partial charge < -0.3 is 4.74 Å². The van der Waals surface area contributed by atoms with Crippen molar-refractivity contribution < 1.29 is 9.53 Å². The van der Waals surface area contributed by atoms with Crippen molar-refractivity contribution in [3.8, 4) is 5.75 Å². The molecule has 0 bridgehead atoms. The lowest BCUT2D eigenvalue weighted by molar-refractivity contribution is 0.0920. The summed E-state index contributed by atoms with van der Waals surface area (Å²) in [6.07, 6.45) is 3.22. The molecule has 0 atom stereocenters. The first-order valence-electron chi connectivity index (χ1n) is 5.49. The first-order chi connectivity index (χ1) is 8.66. The molecule has 1 aromatic carbocycles. The van der Waals surface area contributed by atoms with Crippen molar-refractivity contribution in [3.05, 3.63) is 58.9 Å². The molecule has 1 heterocycles. The van der Waals surface area contributed by atoms with E-state index in [0.717, 1.165) is 5.56 Å². The molecule has 0 fully saturated rings. The Kier molecular flexibility index (Phi) is 3.95. The summed E-state index contributed by atoms with van der Waals surface area (Å²) in [5.41, 5.74) is 1.49. The van der Waals surface area contributed by atoms with E-state index in [1.54, 1.807) is 42.7 Å². The molecule has 92 valence electrons. The zero-order valence-electron chi connectivity index (χ0n) is 9.89. The van der Waals surface area contributed by atoms with Crippen molar-refractivity contribution in [3.63, 3.8) is 0 Å². The molecule has 0 unspecified atom stereocenters. The van der Waals surface area contributed by atoms with E-state index in [2.05, 4.69) is 4.98 Å². The van der Waals surface area contributed by atoms with Gasteiger partial charge in [-0.05, 0) is 42.8 Å². The van der Waals surface area contributed by atoms with Crippen molar-refractivity contribution in [2.75, 3.05) is 6.61 Å². The quantitative estimate of drug-likeness (QED) is 0.793. The Morgan fingerprint density at radius 2 is 2.00 bits per heavy atom. The van der Waals surface area contributed by atoms with Gasteiger partial charge in [0, 0.05) is 23.0 Å². The molecule has 2 rings (SSSR count). The summed E-state index contributed by atoms with van der Waals surface area (Å²) in [5.74, 6) is 0.532. The fraction of sp³-hybridized carbons (Fsp3) is 0.143. The average molecular weight is 262 g/mol. The largest absolute Gasteiger partial charge is 0.485 e. The Hall–Kier alpha value is -1.87. The Balaban J connectivity index is 2.01. The molecule has 0 aliphatic heterocycles. The van der Waals surface area contributed by atoms with Gasteiger partial charge in [0.1, 0.15) is 5.75 Å². The molecule has 0 N–H and O–H groups in total. The van der Waals surface area contributed by atoms with Gasteiger partial charge in [0.15, 0.2) is 6.61 Å². The Labute approximate surface area is 110 Å². The molecule has 0 radical (unpaired) electrons. The molecule has 4 heteroatoms. The number of hydrogen-bond donors (Lipinski definition) is 0. The topological polar surface area (TPSA) is 39.2 Å². The Bertz CT molecular complexity index is 552. The first kappa shape index (κ1) is 12.6. The summed E-state index contributed by atoms with van der Waals surface area (Å²) in [6, 6.07) is 8.69. The smallest absolute Gasteiger partial charge is 0.202 e. The van der Waals surface area contributed by atoms with E-state index >= 15 is 0 Å². The highest BCUT2D eigenvalue weighted by molar-refractivity contribution is 6.30. The van der Waals surface area contributed by atoms with Gasteiger partial charge in [0.2, 0.25) is 5.78 Å². The van der Waals surface area contributed by atoms with Crippen LogP contribution >= 0.6 is 11.6 Å². The third-order valence-corrected chi connectivity index (χ3v) is 2.78. The lowest BCUT2D eigenvalue weighted by Gasteiger charge is -2.06. The maximum absolute atomic E-state index is 11.9. The number of ether oxygens (including phenoxy) is 1. The van der Waals surface area contributed by atoms with Gasteiger partial charge in [-0.2, -0.15) is 0 Å². The highest BCUT2D eigenvalue weighted by Gasteiger charge is 2.09. The predicted octanol–water partition coefficient (Wildman–Crippen LogP) is 3.31. The summed E-state index contributed by atoms with van der Waals surface area (Å²) in [6.45, 7) is 1.87. The fourth-order valence-corrected chi connectivity index (χ4v) is 1.64. The normalized spacial score (nSPS) is 10.1. The van der Waals surface area contributed by atoms with Crippen molar-refractivity contribution in [1.29, 1.82) is 0 Å². The molecule has 0 aliphatic rings. The molecule has 18 heavy (non-hydrogen) atoms. The van der Waals surface area contributed by atoms with Crippen LogP contribution in [0, 0.1) is 6.92 Å². The Morgan fingerprint density at radius 3 is 2.67 bits per heavy atom. The molecule has 0 amide bonds. The van der Waals surface area contributed by atoms with Gasteiger partial charge in [0.25, 0.3) is 0 Å². The number of ketones is 1. The fourth-order valence-electron chi connectivity index (χ4n) is 1.51. The van der Waals surface area contributed by atoms with Gasteiger partial charge in [-0.25, -0.2) is 0 Å². The number of nitrogens with zero attached hydrogens (tertiary/aromatic N) is 1. The molecular formula is C14H12ClNO2. The SMILES string of the molecule is Cc1ccncc1C(=O)COc1ccc(Cl)cc1. The van der Waals surface area contributed by atoms with E-state index in [-0.39, 0.29) is 12.4 Å². The van der Waals surface area contributed by atoms with Crippen LogP contribution in [0.15, 0.2) is 42.7 Å². The highest BCUT2D eigenvalue weighted by atomic mass is 35.5. The van der Waals surface area contributed by atoms with Gasteiger partial charge in [-0.1, -0.05) is 11.6 Å². The van der Waals surface area contributed by atoms with Gasteiger partial charge in [-0.15, -0.1) is 0 Å². The number of rotatable bonds is 4. The number of pyridine rings is 1. The first-order valence-corrected chi connectivity index (χ1v) is 5.87. The maximum atomic E-state index is 11.9. The second kappa shape index (κ2) is 5.65. The number of carbonyl (C=O) groups excluding carboxylic acids is 1. The highest BCUT2D eigenvalue weighted by Crippen LogP contribution is 2.16. The average Bonchev–Trinajstić information content (AvgIpc) is 2.38. The van der Waals surface area contributed by atoms with Crippen molar-refractivity contribution in [1.82, 2.24) is 4.98 Å². The summed E-state index contributed by atoms with van der Waals surface area (Å²) in [4.78, 5) is 15.9. The summed E-state index contributed by atoms with van der Waals surface area (Å²) >= 11 is 5.76. The standard InChI is InChI=1S/C14H12ClNO2/c1-10-6-7-16-8-13(10)14(17)9-18-12-4-2-11(15)3-5-12/h2-8H,9H2,1H3. The van der Waals surface area contributed by atoms with E-state index in [9.17, 15) is 4.79 Å². The van der Waals surface area contributed by atoms with Crippen LogP contribution in [-0.2, 0) is 0 Å². The van der Waals surface area contributed by atoms with Crippen LogP contribution in [-0.4, -0.2) is 17.4 Å². The molecule has 0 saturated heterocycles. The van der Waals surface area contributed by atoms with Crippen LogP contribution in [0.1, 0.15) is 15.9 Å². The van der Waals surface area contributed by atoms with Gasteiger partial charge in [-0.3, -0.25) is 9.78 Å². The third kappa shape index (κ3) is 3.08. The second-order valence-electron chi connectivity index (χ2n) is 3.86. The number of benzene rings is 1. The number of halogens is 1. The van der Waals surface area contributed by atoms with E-state index in [1.165, 1.54) is 0 Å². The van der Waals surface area contributed by atoms with Crippen LogP contribution in [0.2, 0.25) is 5.02 Å². The minimum Gasteiger partial charge on any atom is -0.485 e. The number of carbonyl (C=O) groups is 1. The molecule has 0 aliphatic carbocycles. The molecule has 3 nitrogen and oxygen atoms in total. The third-order valence-electron chi connectivity index (χ3n) is 2.52. The monoisotopic (exact) mass is 261 g/mol. The Morgan fingerprint density at radius 1 is 1.28 bits per heavy atom. The summed E-state index contributed by atoms with van der Waals surface area (Å²) in [5, 5.41) is 0.636. The lowest BCUT2D eigenvalue weighted by atomic mass is 10.1. The molecule has 1 aromatic heterocycles. The van der Waals surface area contributed by atoms with Gasteiger partial charge >= 0.3 is 0 Å². The predicted molar refractivity (Wildman–Crippen MR) is 70.3 cm³/mol. The summed E-state index contributed by atoms with van der Waals surface area (Å²) < 4.78 is 5.40. The molecular weight excluding hydrogens is 250 g/mol. The van der Waals surface area contributed by atoms with E-state index in [4.69, 9.17) is 16.3 Å². The lowest BCUT2D eigenvalue weighted by Crippen LogP contribution is -2.13. The maximum Gasteiger partial charge on any atom is 0.202 e. The molecule has 0 saturated carbocycles. The number of aromatic nitrogens is 1. The number of Topliss-reactive ketones (excluding diaryl/α,β-unsaturated/α-hetero) is 1. The van der Waals surface area contributed by atoms with Crippen LogP contribution in [0.4, 0.5) is 0 Å². The van der Waals surface area contributed by atoms with Crippen molar-refractivity contribution in [2.45, 2.75) is 6.92 Å². The minimum atomic E-state index is -0.0875. The molecule has 2 aromatic rings. The van der Waals surface area contributed by atoms with Crippen LogP contribution < -0.4 is 4.74 Å². The number of aryl methyl sites for hydroxylation is 1. The zero-order valence-corrected chi connectivity index (χ0v) is 10.6. The minimum absolute atomic E-state index is 0.00579. The summed E-state index contributed by atoms with van der Waals surface area (Å²) in [7, 11) is 0.